The van der Waals surface area contributed by atoms with Gasteiger partial charge < -0.3 is 16.8 Å². The molecular formula is C26H20F4N6O2. The molecule has 2 amide bonds. The van der Waals surface area contributed by atoms with Crippen LogP contribution in [0, 0.1) is 5.82 Å². The Balaban J connectivity index is 1.81. The van der Waals surface area contributed by atoms with Crippen LogP contribution in [0.3, 0.4) is 0 Å². The summed E-state index contributed by atoms with van der Waals surface area (Å²) in [5, 5.41) is 6.41. The number of benzene rings is 3. The van der Waals surface area contributed by atoms with Crippen molar-refractivity contribution in [3.05, 3.63) is 101 Å². The van der Waals surface area contributed by atoms with Gasteiger partial charge in [0.25, 0.3) is 5.91 Å². The summed E-state index contributed by atoms with van der Waals surface area (Å²) in [4.78, 5) is 29.1. The number of rotatable bonds is 5. The lowest BCUT2D eigenvalue weighted by atomic mass is 9.99. The van der Waals surface area contributed by atoms with Gasteiger partial charge in [0.05, 0.1) is 22.5 Å². The van der Waals surface area contributed by atoms with Gasteiger partial charge in [-0.3, -0.25) is 14.3 Å². The maximum absolute atomic E-state index is 14.9. The summed E-state index contributed by atoms with van der Waals surface area (Å²) in [5.74, 6) is -3.34. The van der Waals surface area contributed by atoms with Gasteiger partial charge in [0.1, 0.15) is 11.7 Å². The second-order valence-corrected chi connectivity index (χ2v) is 8.17. The molecule has 4 aromatic rings. The summed E-state index contributed by atoms with van der Waals surface area (Å²) in [6, 6.07) is 14.7. The average Bonchev–Trinajstić information content (AvgIpc) is 3.29. The van der Waals surface area contributed by atoms with E-state index in [1.54, 1.807) is 30.3 Å². The lowest BCUT2D eigenvalue weighted by Gasteiger charge is -2.16. The van der Waals surface area contributed by atoms with Crippen LogP contribution in [-0.4, -0.2) is 27.4 Å². The van der Waals surface area contributed by atoms with Gasteiger partial charge in [0.2, 0.25) is 5.91 Å². The van der Waals surface area contributed by atoms with Crippen molar-refractivity contribution >= 4 is 29.0 Å². The first-order chi connectivity index (χ1) is 17.9. The zero-order chi connectivity index (χ0) is 27.6. The van der Waals surface area contributed by atoms with E-state index in [1.807, 2.05) is 0 Å². The van der Waals surface area contributed by atoms with E-state index >= 15 is 0 Å². The van der Waals surface area contributed by atoms with Gasteiger partial charge in [-0.15, -0.1) is 0 Å². The number of anilines is 1. The number of carbonyl (C=O) groups is 2. The molecule has 12 heteroatoms. The van der Waals surface area contributed by atoms with Crippen LogP contribution in [0.15, 0.2) is 77.9 Å². The number of nitrogens with zero attached hydrogens (tertiary/aromatic N) is 3. The number of amidine groups is 1. The number of amides is 2. The highest BCUT2D eigenvalue weighted by molar-refractivity contribution is 6.16. The van der Waals surface area contributed by atoms with E-state index < -0.39 is 40.5 Å². The van der Waals surface area contributed by atoms with Gasteiger partial charge in [-0.2, -0.15) is 18.3 Å². The number of alkyl halides is 3. The summed E-state index contributed by atoms with van der Waals surface area (Å²) in [5.41, 5.74) is 9.53. The smallest absolute Gasteiger partial charge is 0.398 e. The second kappa shape index (κ2) is 10.2. The third kappa shape index (κ3) is 5.53. The topological polar surface area (TPSA) is 128 Å². The number of hydrogen-bond acceptors (Lipinski definition) is 5. The fourth-order valence-electron chi connectivity index (χ4n) is 3.65. The Morgan fingerprint density at radius 3 is 2.29 bits per heavy atom. The number of nitrogens with two attached hydrogens (primary N) is 2. The van der Waals surface area contributed by atoms with Crippen LogP contribution >= 0.6 is 0 Å². The number of aryl methyl sites for hydroxylation is 1. The van der Waals surface area contributed by atoms with Crippen molar-refractivity contribution in [3.63, 3.8) is 0 Å². The molecule has 0 saturated heterocycles. The van der Waals surface area contributed by atoms with E-state index in [0.717, 1.165) is 6.07 Å². The molecule has 3 aromatic carbocycles. The quantitative estimate of drug-likeness (QED) is 0.154. The van der Waals surface area contributed by atoms with Crippen molar-refractivity contribution in [1.29, 1.82) is 0 Å². The Hall–Kier alpha value is -5.00. The number of aliphatic imine (C=N–C) groups is 1. The Kier molecular flexibility index (Phi) is 6.98. The Labute approximate surface area is 213 Å². The molecule has 0 radical (unpaired) electrons. The van der Waals surface area contributed by atoms with Crippen LogP contribution in [0.2, 0.25) is 0 Å². The van der Waals surface area contributed by atoms with Crippen LogP contribution in [-0.2, 0) is 13.2 Å². The van der Waals surface area contributed by atoms with E-state index in [2.05, 4.69) is 15.4 Å². The summed E-state index contributed by atoms with van der Waals surface area (Å²) in [6.07, 6.45) is -3.49. The number of primary amides is 1. The SMILES string of the molecule is Cn1ccc(-c2cc(C(=O)NC(=Nc3ccccc3)c3ccc(C(N)=O)cc3N)c(F)cc2C(F)(F)F)n1. The minimum absolute atomic E-state index is 0.0262. The van der Waals surface area contributed by atoms with E-state index in [4.69, 9.17) is 11.5 Å². The van der Waals surface area contributed by atoms with Gasteiger partial charge in [-0.1, -0.05) is 18.2 Å². The minimum atomic E-state index is -4.90. The molecule has 0 bridgehead atoms. The third-order valence-corrected chi connectivity index (χ3v) is 5.47. The van der Waals surface area contributed by atoms with Crippen molar-refractivity contribution in [2.24, 2.45) is 17.8 Å². The number of aromatic nitrogens is 2. The van der Waals surface area contributed by atoms with Crippen LogP contribution in [0.25, 0.3) is 11.3 Å². The first-order valence-electron chi connectivity index (χ1n) is 11.0. The fourth-order valence-corrected chi connectivity index (χ4v) is 3.65. The number of halogens is 4. The van der Waals surface area contributed by atoms with Crippen molar-refractivity contribution < 1.29 is 27.2 Å². The molecule has 5 N–H and O–H groups in total. The van der Waals surface area contributed by atoms with Gasteiger partial charge in [0, 0.05) is 35.6 Å². The fraction of sp³-hybridized carbons (Fsp3) is 0.0769. The van der Waals surface area contributed by atoms with Crippen LogP contribution in [0.5, 0.6) is 0 Å². The first-order valence-corrected chi connectivity index (χ1v) is 11.0. The van der Waals surface area contributed by atoms with Gasteiger partial charge in [0.15, 0.2) is 0 Å². The van der Waals surface area contributed by atoms with Gasteiger partial charge in [-0.25, -0.2) is 9.38 Å². The molecule has 4 rings (SSSR count). The molecule has 0 saturated carbocycles. The second-order valence-electron chi connectivity index (χ2n) is 8.17. The highest BCUT2D eigenvalue weighted by Crippen LogP contribution is 2.38. The molecule has 1 heterocycles. The molecule has 0 aliphatic carbocycles. The molecule has 194 valence electrons. The Morgan fingerprint density at radius 2 is 1.71 bits per heavy atom. The van der Waals surface area contributed by atoms with Gasteiger partial charge in [-0.05, 0) is 48.5 Å². The van der Waals surface area contributed by atoms with E-state index in [1.165, 1.54) is 42.2 Å². The third-order valence-electron chi connectivity index (χ3n) is 5.47. The molecule has 0 fully saturated rings. The first kappa shape index (κ1) is 26.1. The number of hydrogen-bond donors (Lipinski definition) is 3. The van der Waals surface area contributed by atoms with Crippen molar-refractivity contribution in [1.82, 2.24) is 15.1 Å². The van der Waals surface area contributed by atoms with Crippen LogP contribution < -0.4 is 16.8 Å². The largest absolute Gasteiger partial charge is 0.417 e. The molecule has 0 aliphatic rings. The zero-order valence-electron chi connectivity index (χ0n) is 19.8. The number of nitrogen functional groups attached to an aromatic ring is 1. The molecular weight excluding hydrogens is 504 g/mol. The number of carbonyl (C=O) groups excluding carboxylic acids is 2. The van der Waals surface area contributed by atoms with E-state index in [0.29, 0.717) is 5.69 Å². The number of para-hydroxylation sites is 1. The molecule has 0 spiro atoms. The molecule has 0 unspecified atom stereocenters. The average molecular weight is 524 g/mol. The molecule has 0 aliphatic heterocycles. The lowest BCUT2D eigenvalue weighted by molar-refractivity contribution is -0.137. The van der Waals surface area contributed by atoms with Gasteiger partial charge >= 0.3 is 6.18 Å². The summed E-state index contributed by atoms with van der Waals surface area (Å²) < 4.78 is 57.3. The van der Waals surface area contributed by atoms with Crippen molar-refractivity contribution in [2.75, 3.05) is 5.73 Å². The van der Waals surface area contributed by atoms with E-state index in [-0.39, 0.29) is 34.4 Å². The predicted octanol–water partition coefficient (Wildman–Crippen LogP) is 4.43. The highest BCUT2D eigenvalue weighted by atomic mass is 19.4. The Morgan fingerprint density at radius 1 is 1.00 bits per heavy atom. The summed E-state index contributed by atoms with van der Waals surface area (Å²) in [7, 11) is 1.51. The predicted molar refractivity (Wildman–Crippen MR) is 133 cm³/mol. The van der Waals surface area contributed by atoms with Crippen molar-refractivity contribution in [3.8, 4) is 11.3 Å². The van der Waals surface area contributed by atoms with E-state index in [9.17, 15) is 27.2 Å². The maximum atomic E-state index is 14.9. The summed E-state index contributed by atoms with van der Waals surface area (Å²) in [6.45, 7) is 0. The van der Waals surface area contributed by atoms with Crippen LogP contribution in [0.4, 0.5) is 28.9 Å². The maximum Gasteiger partial charge on any atom is 0.417 e. The molecule has 38 heavy (non-hydrogen) atoms. The molecule has 8 nitrogen and oxygen atoms in total. The number of nitrogens with one attached hydrogen (secondary N) is 1. The summed E-state index contributed by atoms with van der Waals surface area (Å²) >= 11 is 0. The zero-order valence-corrected chi connectivity index (χ0v) is 19.8. The van der Waals surface area contributed by atoms with Crippen molar-refractivity contribution in [2.45, 2.75) is 6.18 Å². The normalized spacial score (nSPS) is 11.9. The van der Waals surface area contributed by atoms with Crippen LogP contribution in [0.1, 0.15) is 31.8 Å². The monoisotopic (exact) mass is 524 g/mol. The standard InChI is InChI=1S/C26H20F4N6O2/c1-36-10-9-22(35-36)17-12-18(20(27)13-19(17)26(28,29)30)25(38)34-24(33-15-5-3-2-4-6-15)16-8-7-14(23(32)37)11-21(16)31/h2-13H,31H2,1H3,(H2,32,37)(H,33,34,38). The molecule has 1 aromatic heterocycles. The highest BCUT2D eigenvalue weighted by Gasteiger charge is 2.36. The lowest BCUT2D eigenvalue weighted by Crippen LogP contribution is -2.32. The molecule has 0 atom stereocenters. The minimum Gasteiger partial charge on any atom is -0.398 e. The Bertz CT molecular complexity index is 1560.